The normalized spacial score (nSPS) is 21.8. The Morgan fingerprint density at radius 2 is 1.76 bits per heavy atom. The van der Waals surface area contributed by atoms with Crippen LogP contribution < -0.4 is 4.90 Å². The van der Waals surface area contributed by atoms with Crippen molar-refractivity contribution in [3.05, 3.63) is 29.8 Å². The zero-order valence-electron chi connectivity index (χ0n) is 15.6. The zero-order valence-corrected chi connectivity index (χ0v) is 15.6. The number of hydrogen-bond donors (Lipinski definition) is 0. The summed E-state index contributed by atoms with van der Waals surface area (Å²) >= 11 is 0. The van der Waals surface area contributed by atoms with Crippen LogP contribution in [0.25, 0.3) is 5.82 Å². The van der Waals surface area contributed by atoms with Crippen LogP contribution in [0.5, 0.6) is 0 Å². The lowest BCUT2D eigenvalue weighted by Gasteiger charge is -2.49. The minimum absolute atomic E-state index is 0.0301. The third-order valence-electron chi connectivity index (χ3n) is 5.22. The van der Waals surface area contributed by atoms with Crippen LogP contribution in [-0.4, -0.2) is 44.0 Å². The summed E-state index contributed by atoms with van der Waals surface area (Å²) in [7, 11) is 0. The molecular weight excluding hydrogens is 314 g/mol. The number of aryl methyl sites for hydroxylation is 2. The van der Waals surface area contributed by atoms with Crippen molar-refractivity contribution in [2.75, 3.05) is 18.0 Å². The van der Waals surface area contributed by atoms with Crippen molar-refractivity contribution in [1.29, 1.82) is 0 Å². The summed E-state index contributed by atoms with van der Waals surface area (Å²) in [6, 6.07) is 2.06. The fourth-order valence-corrected chi connectivity index (χ4v) is 4.42. The summed E-state index contributed by atoms with van der Waals surface area (Å²) in [5.74, 6) is 1.68. The van der Waals surface area contributed by atoms with E-state index in [4.69, 9.17) is 9.72 Å². The van der Waals surface area contributed by atoms with E-state index in [-0.39, 0.29) is 11.2 Å². The molecule has 1 aliphatic carbocycles. The SMILES string of the molecule is Cc1cc(C)n(-c2cncc(N3CC(C)(C)OC4(CCCC4)C3)n2)n1. The molecule has 134 valence electrons. The van der Waals surface area contributed by atoms with Gasteiger partial charge in [-0.3, -0.25) is 4.98 Å². The van der Waals surface area contributed by atoms with E-state index in [9.17, 15) is 0 Å². The highest BCUT2D eigenvalue weighted by Gasteiger charge is 2.46. The predicted molar refractivity (Wildman–Crippen MR) is 97.2 cm³/mol. The Bertz CT molecular complexity index is 776. The molecule has 4 rings (SSSR count). The number of ether oxygens (including phenoxy) is 1. The van der Waals surface area contributed by atoms with Gasteiger partial charge < -0.3 is 9.64 Å². The highest BCUT2D eigenvalue weighted by atomic mass is 16.5. The van der Waals surface area contributed by atoms with Crippen LogP contribution in [0.15, 0.2) is 18.5 Å². The average molecular weight is 341 g/mol. The second-order valence-electron chi connectivity index (χ2n) is 8.18. The van der Waals surface area contributed by atoms with Crippen molar-refractivity contribution in [1.82, 2.24) is 19.7 Å². The first-order valence-corrected chi connectivity index (χ1v) is 9.17. The molecule has 1 saturated heterocycles. The van der Waals surface area contributed by atoms with Gasteiger partial charge in [-0.1, -0.05) is 12.8 Å². The van der Waals surface area contributed by atoms with Gasteiger partial charge in [-0.15, -0.1) is 0 Å². The summed E-state index contributed by atoms with van der Waals surface area (Å²) in [6.07, 6.45) is 8.41. The Hall–Kier alpha value is -1.95. The predicted octanol–water partition coefficient (Wildman–Crippen LogP) is 3.21. The summed E-state index contributed by atoms with van der Waals surface area (Å²) in [4.78, 5) is 11.7. The molecule has 6 nitrogen and oxygen atoms in total. The Morgan fingerprint density at radius 1 is 1.04 bits per heavy atom. The van der Waals surface area contributed by atoms with Gasteiger partial charge >= 0.3 is 0 Å². The van der Waals surface area contributed by atoms with E-state index in [1.54, 1.807) is 6.20 Å². The number of hydrogen-bond acceptors (Lipinski definition) is 5. The topological polar surface area (TPSA) is 56.1 Å². The van der Waals surface area contributed by atoms with Crippen LogP contribution in [0.4, 0.5) is 5.82 Å². The number of rotatable bonds is 2. The van der Waals surface area contributed by atoms with E-state index in [1.165, 1.54) is 12.8 Å². The van der Waals surface area contributed by atoms with E-state index in [2.05, 4.69) is 34.9 Å². The molecular formula is C19H27N5O. The molecule has 1 aliphatic heterocycles. The molecule has 2 fully saturated rings. The number of aromatic nitrogens is 4. The minimum Gasteiger partial charge on any atom is -0.365 e. The molecule has 0 radical (unpaired) electrons. The minimum atomic E-state index is -0.182. The molecule has 2 aromatic rings. The van der Waals surface area contributed by atoms with E-state index in [0.717, 1.165) is 49.0 Å². The summed E-state index contributed by atoms with van der Waals surface area (Å²) in [5.41, 5.74) is 1.84. The lowest BCUT2D eigenvalue weighted by Crippen LogP contribution is -2.59. The van der Waals surface area contributed by atoms with Gasteiger partial charge in [0.15, 0.2) is 5.82 Å². The van der Waals surface area contributed by atoms with Gasteiger partial charge in [0.05, 0.1) is 29.3 Å². The third kappa shape index (κ3) is 3.15. The van der Waals surface area contributed by atoms with Crippen LogP contribution in [0.3, 0.4) is 0 Å². The molecule has 2 aromatic heterocycles. The number of morpholine rings is 1. The molecule has 0 aromatic carbocycles. The maximum atomic E-state index is 6.50. The monoisotopic (exact) mass is 341 g/mol. The molecule has 0 unspecified atom stereocenters. The molecule has 2 aliphatic rings. The zero-order chi connectivity index (χ0) is 17.7. The second kappa shape index (κ2) is 5.80. The van der Waals surface area contributed by atoms with Gasteiger partial charge in [-0.2, -0.15) is 5.10 Å². The molecule has 25 heavy (non-hydrogen) atoms. The van der Waals surface area contributed by atoms with Gasteiger partial charge in [0, 0.05) is 18.8 Å². The first-order chi connectivity index (χ1) is 11.9. The number of nitrogens with zero attached hydrogens (tertiary/aromatic N) is 5. The lowest BCUT2D eigenvalue weighted by molar-refractivity contribution is -0.148. The highest BCUT2D eigenvalue weighted by Crippen LogP contribution is 2.41. The van der Waals surface area contributed by atoms with Crippen LogP contribution in [-0.2, 0) is 4.74 Å². The van der Waals surface area contributed by atoms with Gasteiger partial charge in [-0.25, -0.2) is 9.67 Å². The quantitative estimate of drug-likeness (QED) is 0.839. The maximum absolute atomic E-state index is 6.50. The standard InChI is InChI=1S/C19H27N5O/c1-14-9-15(2)24(22-14)17-11-20-10-16(21-17)23-12-18(3,4)25-19(13-23)7-5-6-8-19/h9-11H,5-8,12-13H2,1-4H3. The molecule has 6 heteroatoms. The number of anilines is 1. The van der Waals surface area contributed by atoms with Gasteiger partial charge in [0.2, 0.25) is 0 Å². The Morgan fingerprint density at radius 3 is 2.44 bits per heavy atom. The summed E-state index contributed by atoms with van der Waals surface area (Å²) in [6.45, 7) is 10.1. The van der Waals surface area contributed by atoms with Crippen LogP contribution >= 0.6 is 0 Å². The van der Waals surface area contributed by atoms with Crippen molar-refractivity contribution in [2.45, 2.75) is 64.6 Å². The summed E-state index contributed by atoms with van der Waals surface area (Å²) in [5, 5.41) is 4.54. The van der Waals surface area contributed by atoms with Crippen molar-refractivity contribution in [3.8, 4) is 5.82 Å². The molecule has 0 bridgehead atoms. The van der Waals surface area contributed by atoms with Crippen molar-refractivity contribution < 1.29 is 4.74 Å². The van der Waals surface area contributed by atoms with Gasteiger partial charge in [-0.05, 0) is 46.6 Å². The Balaban J connectivity index is 1.67. The van der Waals surface area contributed by atoms with E-state index in [0.29, 0.717) is 0 Å². The Kier molecular flexibility index (Phi) is 3.83. The first kappa shape index (κ1) is 16.5. The molecule has 1 saturated carbocycles. The van der Waals surface area contributed by atoms with E-state index >= 15 is 0 Å². The largest absolute Gasteiger partial charge is 0.365 e. The molecule has 0 amide bonds. The van der Waals surface area contributed by atoms with Crippen LogP contribution in [0, 0.1) is 13.8 Å². The third-order valence-corrected chi connectivity index (χ3v) is 5.22. The first-order valence-electron chi connectivity index (χ1n) is 9.17. The van der Waals surface area contributed by atoms with Crippen molar-refractivity contribution >= 4 is 5.82 Å². The van der Waals surface area contributed by atoms with Crippen molar-refractivity contribution in [3.63, 3.8) is 0 Å². The van der Waals surface area contributed by atoms with E-state index in [1.807, 2.05) is 24.7 Å². The summed E-state index contributed by atoms with van der Waals surface area (Å²) < 4.78 is 8.37. The van der Waals surface area contributed by atoms with Crippen LogP contribution in [0.1, 0.15) is 50.9 Å². The smallest absolute Gasteiger partial charge is 0.174 e. The van der Waals surface area contributed by atoms with Crippen LogP contribution in [0.2, 0.25) is 0 Å². The van der Waals surface area contributed by atoms with E-state index < -0.39 is 0 Å². The fraction of sp³-hybridized carbons (Fsp3) is 0.632. The lowest BCUT2D eigenvalue weighted by atomic mass is 9.94. The highest BCUT2D eigenvalue weighted by molar-refractivity contribution is 5.42. The second-order valence-corrected chi connectivity index (χ2v) is 8.18. The van der Waals surface area contributed by atoms with Crippen molar-refractivity contribution in [2.24, 2.45) is 0 Å². The average Bonchev–Trinajstić information content (AvgIpc) is 3.12. The molecule has 3 heterocycles. The van der Waals surface area contributed by atoms with Gasteiger partial charge in [0.25, 0.3) is 0 Å². The Labute approximate surface area is 149 Å². The molecule has 0 atom stereocenters. The fourth-order valence-electron chi connectivity index (χ4n) is 4.42. The molecule has 1 spiro atoms. The molecule has 0 N–H and O–H groups in total. The maximum Gasteiger partial charge on any atom is 0.174 e. The van der Waals surface area contributed by atoms with Gasteiger partial charge in [0.1, 0.15) is 5.82 Å².